The molecule has 0 unspecified atom stereocenters. The summed E-state index contributed by atoms with van der Waals surface area (Å²) in [6.07, 6.45) is 12.2. The number of Topliss-reactive ketones (excluding diaryl/α,β-unsaturated/α-hetero) is 5. The summed E-state index contributed by atoms with van der Waals surface area (Å²) in [5, 5.41) is 0. The highest BCUT2D eigenvalue weighted by Crippen LogP contribution is 2.24. The topological polar surface area (TPSA) is 94.6 Å². The third kappa shape index (κ3) is 19.3. The molecule has 0 aliphatic carbocycles. The van der Waals surface area contributed by atoms with E-state index in [0.29, 0.717) is 65.6 Å². The molecule has 11 heteroatoms. The maximum Gasteiger partial charge on any atom is 0.324 e. The maximum absolute atomic E-state index is 12.4. The summed E-state index contributed by atoms with van der Waals surface area (Å²) in [7, 11) is 0. The number of rotatable bonds is 15. The van der Waals surface area contributed by atoms with Crippen molar-refractivity contribution < 1.29 is 28.6 Å². The van der Waals surface area contributed by atoms with Crippen LogP contribution in [-0.2, 0) is 69.0 Å². The van der Waals surface area contributed by atoms with Crippen LogP contribution in [0.2, 0.25) is 59.4 Å². The van der Waals surface area contributed by atoms with Crippen LogP contribution in [0.15, 0.2) is 212 Å². The predicted molar refractivity (Wildman–Crippen MR) is 430 cm³/mol. The highest BCUT2D eigenvalue weighted by atomic mass is 16.4. The van der Waals surface area contributed by atoms with Crippen LogP contribution >= 0.6 is 0 Å². The lowest BCUT2D eigenvalue weighted by atomic mass is 9.48. The lowest BCUT2D eigenvalue weighted by Gasteiger charge is -2.08. The molecule has 0 spiro atoms. The van der Waals surface area contributed by atoms with Crippen LogP contribution in [0.4, 0.5) is 0 Å². The van der Waals surface area contributed by atoms with Crippen molar-refractivity contribution in [1.82, 2.24) is 0 Å². The molecule has 5 aliphatic rings. The molecular weight excluding hydrogens is 1230 g/mol. The SMILES string of the molecule is C.CB1CCc2ccc(CC(=O)c3ccc(C)cc3)cc21.CB1CCc2ccc(CC(=O)c3cccc(C)c3)cc21.CB1CCc2ccc(CC(=O)c3ccccc3C)cc21.CB1CCc2ccc(CC(=O)c3ccccc3C)cc21.CB1OCc2ccc(CC(=O)c3cccc(C)c3)cc21. The van der Waals surface area contributed by atoms with E-state index < -0.39 is 0 Å². The minimum atomic E-state index is 0. The number of ketones is 5. The van der Waals surface area contributed by atoms with Crippen molar-refractivity contribution in [1.29, 1.82) is 0 Å². The molecule has 5 aliphatic heterocycles. The highest BCUT2D eigenvalue weighted by Gasteiger charge is 2.27. The van der Waals surface area contributed by atoms with Gasteiger partial charge in [0.1, 0.15) is 0 Å². The molecule has 0 atom stereocenters. The van der Waals surface area contributed by atoms with Gasteiger partial charge in [0, 0.05) is 59.9 Å². The third-order valence-electron chi connectivity index (χ3n) is 21.3. The quantitative estimate of drug-likeness (QED) is 0.0750. The molecule has 0 N–H and O–H groups in total. The lowest BCUT2D eigenvalue weighted by Crippen LogP contribution is -2.24. The van der Waals surface area contributed by atoms with Crippen molar-refractivity contribution in [3.8, 4) is 0 Å². The fraction of sp³-hybridized carbons (Fsp3) is 0.278. The number of carbonyl (C=O) groups is 5. The second-order valence-electron chi connectivity index (χ2n) is 29.1. The minimum absolute atomic E-state index is 0. The zero-order chi connectivity index (χ0) is 70.6. The average Bonchev–Trinajstić information content (AvgIpc) is 1.75. The van der Waals surface area contributed by atoms with Crippen LogP contribution in [0.25, 0.3) is 0 Å². The maximum atomic E-state index is 12.4. The molecule has 10 aromatic rings. The molecule has 101 heavy (non-hydrogen) atoms. The van der Waals surface area contributed by atoms with Crippen molar-refractivity contribution in [2.45, 2.75) is 166 Å². The van der Waals surface area contributed by atoms with Crippen LogP contribution in [-0.4, -0.2) is 62.7 Å². The van der Waals surface area contributed by atoms with Gasteiger partial charge in [0.05, 0.1) is 6.61 Å². The largest absolute Gasteiger partial charge is 0.427 e. The first-order chi connectivity index (χ1) is 48.2. The number of hydrogen-bond donors (Lipinski definition) is 0. The highest BCUT2D eigenvalue weighted by molar-refractivity contribution is 6.75. The van der Waals surface area contributed by atoms with Crippen molar-refractivity contribution >= 4 is 90.0 Å². The van der Waals surface area contributed by atoms with E-state index in [4.69, 9.17) is 4.65 Å². The van der Waals surface area contributed by atoms with E-state index in [1.165, 1.54) is 112 Å². The summed E-state index contributed by atoms with van der Waals surface area (Å²) >= 11 is 0. The summed E-state index contributed by atoms with van der Waals surface area (Å²) in [6, 6.07) is 71.6. The van der Waals surface area contributed by atoms with Crippen molar-refractivity contribution in [2.24, 2.45) is 0 Å². The van der Waals surface area contributed by atoms with E-state index in [1.54, 1.807) is 0 Å². The molecule has 6 nitrogen and oxygen atoms in total. The zero-order valence-corrected chi connectivity index (χ0v) is 60.4. The van der Waals surface area contributed by atoms with E-state index in [-0.39, 0.29) is 43.3 Å². The molecule has 0 fully saturated rings. The van der Waals surface area contributed by atoms with Crippen molar-refractivity contribution in [3.05, 3.63) is 324 Å². The van der Waals surface area contributed by atoms with E-state index in [0.717, 1.165) is 77.9 Å². The fourth-order valence-electron chi connectivity index (χ4n) is 15.0. The van der Waals surface area contributed by atoms with Gasteiger partial charge in [-0.05, 0) is 122 Å². The summed E-state index contributed by atoms with van der Waals surface area (Å²) in [5.41, 5.74) is 29.4. The van der Waals surface area contributed by atoms with Gasteiger partial charge in [-0.25, -0.2) is 0 Å². The molecule has 0 amide bonds. The van der Waals surface area contributed by atoms with Crippen LogP contribution in [0, 0.1) is 34.6 Å². The third-order valence-corrected chi connectivity index (χ3v) is 21.3. The normalized spacial score (nSPS) is 13.3. The van der Waals surface area contributed by atoms with Gasteiger partial charge in [0.2, 0.25) is 0 Å². The van der Waals surface area contributed by atoms with Crippen molar-refractivity contribution in [2.75, 3.05) is 0 Å². The molecule has 0 bridgehead atoms. The Morgan fingerprint density at radius 3 is 0.970 bits per heavy atom. The Morgan fingerprint density at radius 2 is 0.624 bits per heavy atom. The van der Waals surface area contributed by atoms with Gasteiger partial charge in [-0.3, -0.25) is 24.0 Å². The second-order valence-corrected chi connectivity index (χ2v) is 29.1. The Morgan fingerprint density at radius 1 is 0.307 bits per heavy atom. The first kappa shape index (κ1) is 74.5. The van der Waals surface area contributed by atoms with Gasteiger partial charge in [-0.1, -0.05) is 328 Å². The number of hydrogen-bond acceptors (Lipinski definition) is 6. The Bertz CT molecular complexity index is 4410. The first-order valence-electron chi connectivity index (χ1n) is 36.4. The van der Waals surface area contributed by atoms with Crippen LogP contribution in [0.3, 0.4) is 0 Å². The monoisotopic (exact) mass is 1330 g/mol. The summed E-state index contributed by atoms with van der Waals surface area (Å²) in [5.74, 6) is 1.01. The number of benzene rings is 10. The summed E-state index contributed by atoms with van der Waals surface area (Å²) in [4.78, 5) is 61.8. The van der Waals surface area contributed by atoms with Gasteiger partial charge in [-0.15, -0.1) is 0 Å². The molecule has 5 heterocycles. The smallest absolute Gasteiger partial charge is 0.324 e. The average molecular weight is 1330 g/mol. The van der Waals surface area contributed by atoms with Crippen LogP contribution in [0.1, 0.15) is 143 Å². The van der Waals surface area contributed by atoms with Crippen molar-refractivity contribution in [3.63, 3.8) is 0 Å². The second kappa shape index (κ2) is 34.5. The molecule has 0 radical (unpaired) electrons. The number of carbonyl (C=O) groups excluding carboxylic acids is 5. The van der Waals surface area contributed by atoms with Gasteiger partial charge >= 0.3 is 6.92 Å². The van der Waals surface area contributed by atoms with Crippen LogP contribution < -0.4 is 27.3 Å². The van der Waals surface area contributed by atoms with E-state index in [2.05, 4.69) is 119 Å². The van der Waals surface area contributed by atoms with E-state index >= 15 is 0 Å². The predicted octanol–water partition coefficient (Wildman–Crippen LogP) is 16.6. The van der Waals surface area contributed by atoms with E-state index in [9.17, 15) is 24.0 Å². The molecule has 10 aromatic carbocycles. The molecular formula is C90H97B5O6. The Kier molecular flexibility index (Phi) is 25.4. The Hall–Kier alpha value is -9.17. The van der Waals surface area contributed by atoms with Gasteiger partial charge in [0.15, 0.2) is 55.8 Å². The zero-order valence-electron chi connectivity index (χ0n) is 60.4. The number of aryl methyl sites for hydroxylation is 9. The van der Waals surface area contributed by atoms with Crippen LogP contribution in [0.5, 0.6) is 0 Å². The molecule has 0 aromatic heterocycles. The van der Waals surface area contributed by atoms with Gasteiger partial charge in [-0.2, -0.15) is 0 Å². The summed E-state index contributed by atoms with van der Waals surface area (Å²) < 4.78 is 5.60. The van der Waals surface area contributed by atoms with E-state index in [1.807, 2.05) is 162 Å². The molecule has 508 valence electrons. The fourth-order valence-corrected chi connectivity index (χ4v) is 15.0. The summed E-state index contributed by atoms with van der Waals surface area (Å²) in [6.45, 7) is 24.6. The lowest BCUT2D eigenvalue weighted by molar-refractivity contribution is 0.0984. The molecule has 0 saturated heterocycles. The Balaban J connectivity index is 0.000000136. The van der Waals surface area contributed by atoms with Gasteiger partial charge in [0.25, 0.3) is 0 Å². The standard InChI is InChI=1S/4C18H19BO.C17H17BO2.CH4/c1-13-3-6-16(7-4-13)18(20)12-14-5-8-15-9-10-19(2)17(15)11-14;1-13-4-3-5-16(10-13)18(20)12-14-6-7-15-8-9-19(2)17(15)11-14;2*1-13-5-3-4-6-16(13)18(20)12-14-7-8-15-9-10-19(2)17(15)11-14;1-12-4-3-5-14(8-12)17(19)10-13-6-7-15-11-20-18(2)16(15)9-13;/h3-8,11H,9-10,12H2,1-2H3;3-7,10-11H,8-9,12H2,1-2H3;2*3-8,11H,9-10,12H2,1-2H3;3-9H,10-11H2,1-2H3;1H4. The minimum Gasteiger partial charge on any atom is -0.427 e. The molecule has 0 saturated carbocycles. The first-order valence-corrected chi connectivity index (χ1v) is 36.4. The molecule has 15 rings (SSSR count). The number of fused-ring (bicyclic) bond motifs is 5. The van der Waals surface area contributed by atoms with Gasteiger partial charge < -0.3 is 4.65 Å². The Labute approximate surface area is 604 Å².